The fourth-order valence-electron chi connectivity index (χ4n) is 2.97. The molecule has 3 rings (SSSR count). The van der Waals surface area contributed by atoms with Gasteiger partial charge in [-0.3, -0.25) is 0 Å². The van der Waals surface area contributed by atoms with E-state index in [1.54, 1.807) is 30.4 Å². The van der Waals surface area contributed by atoms with Gasteiger partial charge in [0.25, 0.3) is 0 Å². The van der Waals surface area contributed by atoms with Gasteiger partial charge in [-0.1, -0.05) is 12.1 Å². The van der Waals surface area contributed by atoms with Crippen LogP contribution in [-0.4, -0.2) is 16.6 Å². The third-order valence-electron chi connectivity index (χ3n) is 4.22. The first-order valence-electron chi connectivity index (χ1n) is 7.64. The number of hydrogen-bond donors (Lipinski definition) is 2. The molecular formula is C17H21FN2OS. The minimum absolute atomic E-state index is 0.252. The fourth-order valence-corrected chi connectivity index (χ4v) is 4.05. The highest BCUT2D eigenvalue weighted by Crippen LogP contribution is 2.34. The number of halogens is 1. The standard InChI is InChI=1S/C17H21FN2OS/c1-11-20-15-5-3-4-14(16(15)22-11)19-10-17(2,21)12-6-8-13(18)9-7-12/h6-9,14,19,21H,3-5,10H2,1-2H3/t14-,17+/m0/s1. The van der Waals surface area contributed by atoms with Crippen LogP contribution in [0.15, 0.2) is 24.3 Å². The summed E-state index contributed by atoms with van der Waals surface area (Å²) in [5.41, 5.74) is 0.899. The van der Waals surface area contributed by atoms with E-state index < -0.39 is 5.60 Å². The molecule has 2 N–H and O–H groups in total. The lowest BCUT2D eigenvalue weighted by molar-refractivity contribution is 0.0531. The minimum Gasteiger partial charge on any atom is -0.384 e. The highest BCUT2D eigenvalue weighted by molar-refractivity contribution is 7.11. The first-order chi connectivity index (χ1) is 10.5. The maximum Gasteiger partial charge on any atom is 0.123 e. The molecule has 1 aromatic heterocycles. The molecule has 0 fully saturated rings. The second-order valence-electron chi connectivity index (χ2n) is 6.15. The molecule has 2 aromatic rings. The molecule has 22 heavy (non-hydrogen) atoms. The van der Waals surface area contributed by atoms with Crippen LogP contribution in [0.2, 0.25) is 0 Å². The second kappa shape index (κ2) is 6.07. The first kappa shape index (κ1) is 15.6. The topological polar surface area (TPSA) is 45.2 Å². The van der Waals surface area contributed by atoms with Gasteiger partial charge in [-0.15, -0.1) is 11.3 Å². The number of thiazole rings is 1. The zero-order valence-corrected chi connectivity index (χ0v) is 13.7. The van der Waals surface area contributed by atoms with Crippen LogP contribution >= 0.6 is 11.3 Å². The third-order valence-corrected chi connectivity index (χ3v) is 5.34. The van der Waals surface area contributed by atoms with Gasteiger partial charge in [0.1, 0.15) is 5.82 Å². The normalized spacial score (nSPS) is 20.5. The summed E-state index contributed by atoms with van der Waals surface area (Å²) in [6.45, 7) is 4.23. The number of benzene rings is 1. The quantitative estimate of drug-likeness (QED) is 0.907. The van der Waals surface area contributed by atoms with Crippen molar-refractivity contribution in [3.8, 4) is 0 Å². The molecule has 1 heterocycles. The van der Waals surface area contributed by atoms with Crippen molar-refractivity contribution in [1.29, 1.82) is 0 Å². The Labute approximate surface area is 134 Å². The van der Waals surface area contributed by atoms with Gasteiger partial charge in [-0.2, -0.15) is 0 Å². The molecule has 0 saturated heterocycles. The molecule has 0 saturated carbocycles. The smallest absolute Gasteiger partial charge is 0.123 e. The number of aliphatic hydroxyl groups is 1. The number of aromatic nitrogens is 1. The zero-order valence-electron chi connectivity index (χ0n) is 12.9. The average molecular weight is 320 g/mol. The van der Waals surface area contributed by atoms with E-state index in [1.807, 2.05) is 6.92 Å². The summed E-state index contributed by atoms with van der Waals surface area (Å²) in [6.07, 6.45) is 3.23. The maximum absolute atomic E-state index is 13.0. The van der Waals surface area contributed by atoms with Gasteiger partial charge in [0.15, 0.2) is 0 Å². The van der Waals surface area contributed by atoms with Crippen LogP contribution in [0.25, 0.3) is 0 Å². The van der Waals surface area contributed by atoms with E-state index in [0.29, 0.717) is 6.54 Å². The summed E-state index contributed by atoms with van der Waals surface area (Å²) in [5, 5.41) is 15.2. The van der Waals surface area contributed by atoms with Crippen LogP contribution in [0.1, 0.15) is 46.9 Å². The molecule has 0 radical (unpaired) electrons. The number of nitrogens with one attached hydrogen (secondary N) is 1. The summed E-state index contributed by atoms with van der Waals surface area (Å²) in [6, 6.07) is 6.30. The monoisotopic (exact) mass is 320 g/mol. The Hall–Kier alpha value is -1.30. The predicted octanol–water partition coefficient (Wildman–Crippen LogP) is 3.47. The van der Waals surface area contributed by atoms with Crippen LogP contribution in [0, 0.1) is 12.7 Å². The molecule has 0 aliphatic heterocycles. The number of fused-ring (bicyclic) bond motifs is 1. The molecule has 0 bridgehead atoms. The van der Waals surface area contributed by atoms with Crippen molar-refractivity contribution >= 4 is 11.3 Å². The molecular weight excluding hydrogens is 299 g/mol. The van der Waals surface area contributed by atoms with Gasteiger partial charge in [0, 0.05) is 17.5 Å². The lowest BCUT2D eigenvalue weighted by atomic mass is 9.93. The molecule has 0 unspecified atom stereocenters. The Bertz CT molecular complexity index is 651. The van der Waals surface area contributed by atoms with Crippen molar-refractivity contribution in [2.45, 2.75) is 44.8 Å². The Kier molecular flexibility index (Phi) is 4.30. The fraction of sp³-hybridized carbons (Fsp3) is 0.471. The Morgan fingerprint density at radius 1 is 1.41 bits per heavy atom. The molecule has 3 nitrogen and oxygen atoms in total. The minimum atomic E-state index is -1.02. The Balaban J connectivity index is 1.71. The number of aryl methyl sites for hydroxylation is 2. The summed E-state index contributed by atoms with van der Waals surface area (Å²) >= 11 is 1.74. The van der Waals surface area contributed by atoms with Gasteiger partial charge in [-0.25, -0.2) is 9.37 Å². The second-order valence-corrected chi connectivity index (χ2v) is 7.39. The van der Waals surface area contributed by atoms with Gasteiger partial charge in [0.05, 0.1) is 16.3 Å². The summed E-state index contributed by atoms with van der Waals surface area (Å²) in [4.78, 5) is 5.89. The number of hydrogen-bond acceptors (Lipinski definition) is 4. The SMILES string of the molecule is Cc1nc2c(s1)[C@@H](NC[C@@](C)(O)c1ccc(F)cc1)CCC2. The van der Waals surface area contributed by atoms with Gasteiger partial charge in [-0.05, 0) is 50.8 Å². The molecule has 2 atom stereocenters. The van der Waals surface area contributed by atoms with Crippen molar-refractivity contribution < 1.29 is 9.50 Å². The number of rotatable bonds is 4. The van der Waals surface area contributed by atoms with Crippen LogP contribution in [0.3, 0.4) is 0 Å². The highest BCUT2D eigenvalue weighted by atomic mass is 32.1. The lowest BCUT2D eigenvalue weighted by Crippen LogP contribution is -2.38. The van der Waals surface area contributed by atoms with Gasteiger partial charge in [0.2, 0.25) is 0 Å². The molecule has 118 valence electrons. The van der Waals surface area contributed by atoms with E-state index in [2.05, 4.69) is 10.3 Å². The van der Waals surface area contributed by atoms with Crippen molar-refractivity contribution in [3.05, 3.63) is 51.2 Å². The molecule has 5 heteroatoms. The van der Waals surface area contributed by atoms with Crippen LogP contribution in [0.5, 0.6) is 0 Å². The van der Waals surface area contributed by atoms with Gasteiger partial charge >= 0.3 is 0 Å². The van der Waals surface area contributed by atoms with E-state index in [9.17, 15) is 9.50 Å². The molecule has 1 aliphatic carbocycles. The Morgan fingerprint density at radius 3 is 2.86 bits per heavy atom. The highest BCUT2D eigenvalue weighted by Gasteiger charge is 2.28. The molecule has 0 amide bonds. The van der Waals surface area contributed by atoms with Crippen LogP contribution in [-0.2, 0) is 12.0 Å². The van der Waals surface area contributed by atoms with Crippen LogP contribution < -0.4 is 5.32 Å². The first-order valence-corrected chi connectivity index (χ1v) is 8.45. The van der Waals surface area contributed by atoms with Crippen molar-refractivity contribution in [2.75, 3.05) is 6.54 Å². The van der Waals surface area contributed by atoms with Crippen LogP contribution in [0.4, 0.5) is 4.39 Å². The summed E-state index contributed by atoms with van der Waals surface area (Å²) < 4.78 is 13.0. The lowest BCUT2D eigenvalue weighted by Gasteiger charge is -2.29. The summed E-state index contributed by atoms with van der Waals surface area (Å²) in [7, 11) is 0. The van der Waals surface area contributed by atoms with E-state index >= 15 is 0 Å². The molecule has 0 spiro atoms. The maximum atomic E-state index is 13.0. The molecule has 1 aliphatic rings. The van der Waals surface area contributed by atoms with E-state index in [1.165, 1.54) is 22.7 Å². The van der Waals surface area contributed by atoms with Crippen molar-refractivity contribution in [2.24, 2.45) is 0 Å². The largest absolute Gasteiger partial charge is 0.384 e. The van der Waals surface area contributed by atoms with Crippen molar-refractivity contribution in [1.82, 2.24) is 10.3 Å². The van der Waals surface area contributed by atoms with E-state index in [-0.39, 0.29) is 11.9 Å². The predicted molar refractivity (Wildman–Crippen MR) is 86.5 cm³/mol. The molecule has 1 aromatic carbocycles. The van der Waals surface area contributed by atoms with Gasteiger partial charge < -0.3 is 10.4 Å². The van der Waals surface area contributed by atoms with E-state index in [0.717, 1.165) is 29.8 Å². The van der Waals surface area contributed by atoms with Crippen molar-refractivity contribution in [3.63, 3.8) is 0 Å². The average Bonchev–Trinajstić information content (AvgIpc) is 2.86. The Morgan fingerprint density at radius 2 is 2.14 bits per heavy atom. The number of nitrogens with zero attached hydrogens (tertiary/aromatic N) is 1. The third kappa shape index (κ3) is 3.21. The summed E-state index contributed by atoms with van der Waals surface area (Å²) in [5.74, 6) is -0.287. The van der Waals surface area contributed by atoms with E-state index in [4.69, 9.17) is 0 Å². The zero-order chi connectivity index (χ0) is 15.7.